The standard InChI is InChI=1S/C21H17ClN4O4S2/c1-13-5-10-18-20(23-13)25-21(30-18)31-12-19(27)24-15-6-8-17(9-7-15)32(28,29)26-16-4-2-3-14(22)11-16/h2-11,26H,12H2,1H3,(H,24,27). The van der Waals surface area contributed by atoms with E-state index in [1.165, 1.54) is 30.3 Å². The SMILES string of the molecule is Cc1ccc2oc(SCC(=O)Nc3ccc(S(=O)(=O)Nc4cccc(Cl)c4)cc3)nc2n1. The van der Waals surface area contributed by atoms with Crippen LogP contribution in [0.2, 0.25) is 5.02 Å². The van der Waals surface area contributed by atoms with E-state index in [0.29, 0.717) is 32.9 Å². The van der Waals surface area contributed by atoms with Crippen molar-refractivity contribution in [2.75, 3.05) is 15.8 Å². The first-order valence-corrected chi connectivity index (χ1v) is 12.2. The zero-order valence-corrected chi connectivity index (χ0v) is 19.1. The Hall–Kier alpha value is -3.08. The van der Waals surface area contributed by atoms with Crippen molar-refractivity contribution in [3.8, 4) is 0 Å². The zero-order valence-electron chi connectivity index (χ0n) is 16.7. The highest BCUT2D eigenvalue weighted by Gasteiger charge is 2.15. The molecule has 2 aromatic heterocycles. The minimum Gasteiger partial charge on any atom is -0.430 e. The second-order valence-electron chi connectivity index (χ2n) is 6.73. The van der Waals surface area contributed by atoms with Crippen molar-refractivity contribution < 1.29 is 17.6 Å². The summed E-state index contributed by atoms with van der Waals surface area (Å²) in [6, 6.07) is 15.9. The lowest BCUT2D eigenvalue weighted by atomic mass is 10.3. The molecule has 0 aliphatic heterocycles. The number of carbonyl (C=O) groups excluding carboxylic acids is 1. The van der Waals surface area contributed by atoms with Crippen molar-refractivity contribution in [1.29, 1.82) is 0 Å². The van der Waals surface area contributed by atoms with Crippen LogP contribution in [0.3, 0.4) is 0 Å². The molecular formula is C21H17ClN4O4S2. The van der Waals surface area contributed by atoms with Gasteiger partial charge in [0, 0.05) is 16.4 Å². The summed E-state index contributed by atoms with van der Waals surface area (Å²) >= 11 is 7.03. The Morgan fingerprint density at radius 1 is 1.06 bits per heavy atom. The molecule has 164 valence electrons. The van der Waals surface area contributed by atoms with Crippen LogP contribution >= 0.6 is 23.4 Å². The number of hydrogen-bond acceptors (Lipinski definition) is 7. The van der Waals surface area contributed by atoms with E-state index in [0.717, 1.165) is 17.5 Å². The minimum atomic E-state index is -3.79. The van der Waals surface area contributed by atoms with Crippen molar-refractivity contribution in [2.45, 2.75) is 17.0 Å². The summed E-state index contributed by atoms with van der Waals surface area (Å²) < 4.78 is 33.1. The molecule has 1 amide bonds. The van der Waals surface area contributed by atoms with Gasteiger partial charge in [-0.05, 0) is 61.5 Å². The Morgan fingerprint density at radius 3 is 2.59 bits per heavy atom. The topological polar surface area (TPSA) is 114 Å². The van der Waals surface area contributed by atoms with Crippen LogP contribution in [0.5, 0.6) is 0 Å². The number of aromatic nitrogens is 2. The van der Waals surface area contributed by atoms with Crippen LogP contribution in [0.4, 0.5) is 11.4 Å². The van der Waals surface area contributed by atoms with Gasteiger partial charge < -0.3 is 9.73 Å². The number of nitrogens with one attached hydrogen (secondary N) is 2. The fourth-order valence-corrected chi connectivity index (χ4v) is 4.63. The Bertz CT molecular complexity index is 1390. The van der Waals surface area contributed by atoms with Gasteiger partial charge in [-0.2, -0.15) is 4.98 Å². The summed E-state index contributed by atoms with van der Waals surface area (Å²) in [5.74, 6) is -0.212. The molecule has 11 heteroatoms. The number of oxazole rings is 1. The first-order chi connectivity index (χ1) is 15.3. The summed E-state index contributed by atoms with van der Waals surface area (Å²) in [6.07, 6.45) is 0. The van der Waals surface area contributed by atoms with E-state index in [4.69, 9.17) is 16.0 Å². The number of pyridine rings is 1. The lowest BCUT2D eigenvalue weighted by Crippen LogP contribution is -2.15. The molecule has 4 aromatic rings. The lowest BCUT2D eigenvalue weighted by molar-refractivity contribution is -0.113. The average molecular weight is 489 g/mol. The molecule has 2 heterocycles. The second-order valence-corrected chi connectivity index (χ2v) is 9.78. The number of amides is 1. The molecular weight excluding hydrogens is 472 g/mol. The predicted octanol–water partition coefficient (Wildman–Crippen LogP) is 4.72. The normalized spacial score (nSPS) is 11.4. The third-order valence-electron chi connectivity index (χ3n) is 4.22. The van der Waals surface area contributed by atoms with E-state index < -0.39 is 10.0 Å². The van der Waals surface area contributed by atoms with Gasteiger partial charge in [-0.3, -0.25) is 9.52 Å². The van der Waals surface area contributed by atoms with Gasteiger partial charge in [0.2, 0.25) is 5.91 Å². The van der Waals surface area contributed by atoms with Crippen LogP contribution in [-0.2, 0) is 14.8 Å². The molecule has 0 aliphatic rings. The van der Waals surface area contributed by atoms with Crippen LogP contribution in [-0.4, -0.2) is 30.0 Å². The molecule has 0 atom stereocenters. The molecule has 2 aromatic carbocycles. The molecule has 0 bridgehead atoms. The molecule has 2 N–H and O–H groups in total. The van der Waals surface area contributed by atoms with Crippen molar-refractivity contribution in [2.24, 2.45) is 0 Å². The number of halogens is 1. The zero-order chi connectivity index (χ0) is 22.7. The van der Waals surface area contributed by atoms with Crippen LogP contribution < -0.4 is 10.0 Å². The smallest absolute Gasteiger partial charge is 0.261 e. The van der Waals surface area contributed by atoms with Gasteiger partial charge >= 0.3 is 0 Å². The van der Waals surface area contributed by atoms with Gasteiger partial charge in [-0.1, -0.05) is 29.4 Å². The third kappa shape index (κ3) is 5.39. The highest BCUT2D eigenvalue weighted by molar-refractivity contribution is 7.99. The van der Waals surface area contributed by atoms with Crippen molar-refractivity contribution in [3.63, 3.8) is 0 Å². The molecule has 0 aliphatic carbocycles. The molecule has 0 radical (unpaired) electrons. The number of carbonyl (C=O) groups is 1. The van der Waals surface area contributed by atoms with E-state index in [-0.39, 0.29) is 16.6 Å². The monoisotopic (exact) mass is 488 g/mol. The largest absolute Gasteiger partial charge is 0.430 e. The third-order valence-corrected chi connectivity index (χ3v) is 6.69. The highest BCUT2D eigenvalue weighted by Crippen LogP contribution is 2.23. The second kappa shape index (κ2) is 9.19. The van der Waals surface area contributed by atoms with E-state index in [1.54, 1.807) is 24.3 Å². The first-order valence-electron chi connectivity index (χ1n) is 9.34. The summed E-state index contributed by atoms with van der Waals surface area (Å²) in [6.45, 7) is 1.86. The van der Waals surface area contributed by atoms with Gasteiger partial charge in [0.15, 0.2) is 11.2 Å². The first kappa shape index (κ1) is 22.1. The maximum atomic E-state index is 12.5. The van der Waals surface area contributed by atoms with E-state index in [1.807, 2.05) is 13.0 Å². The van der Waals surface area contributed by atoms with Gasteiger partial charge in [0.25, 0.3) is 15.2 Å². The number of nitrogens with zero attached hydrogens (tertiary/aromatic N) is 2. The molecule has 4 rings (SSSR count). The van der Waals surface area contributed by atoms with Crippen LogP contribution in [0, 0.1) is 6.92 Å². The molecule has 0 saturated heterocycles. The highest BCUT2D eigenvalue weighted by atomic mass is 35.5. The summed E-state index contributed by atoms with van der Waals surface area (Å²) in [4.78, 5) is 20.8. The van der Waals surface area contributed by atoms with Crippen molar-refractivity contribution in [1.82, 2.24) is 9.97 Å². The van der Waals surface area contributed by atoms with Crippen molar-refractivity contribution in [3.05, 3.63) is 71.4 Å². The molecule has 0 fully saturated rings. The number of anilines is 2. The molecule has 0 saturated carbocycles. The van der Waals surface area contributed by atoms with Crippen LogP contribution in [0.1, 0.15) is 5.69 Å². The molecule has 0 unspecified atom stereocenters. The summed E-state index contributed by atoms with van der Waals surface area (Å²) in [5, 5.41) is 3.48. The van der Waals surface area contributed by atoms with Crippen LogP contribution in [0.15, 0.2) is 75.2 Å². The summed E-state index contributed by atoms with van der Waals surface area (Å²) in [7, 11) is -3.79. The number of sulfonamides is 1. The molecule has 0 spiro atoms. The number of hydrogen-bond donors (Lipinski definition) is 2. The van der Waals surface area contributed by atoms with Gasteiger partial charge in [0.1, 0.15) is 0 Å². The maximum absolute atomic E-state index is 12.5. The van der Waals surface area contributed by atoms with Gasteiger partial charge in [-0.25, -0.2) is 13.4 Å². The quantitative estimate of drug-likeness (QED) is 0.362. The van der Waals surface area contributed by atoms with E-state index >= 15 is 0 Å². The number of aryl methyl sites for hydroxylation is 1. The fraction of sp³-hybridized carbons (Fsp3) is 0.0952. The van der Waals surface area contributed by atoms with E-state index in [9.17, 15) is 13.2 Å². The maximum Gasteiger partial charge on any atom is 0.261 e. The Morgan fingerprint density at radius 2 is 1.84 bits per heavy atom. The fourth-order valence-electron chi connectivity index (χ4n) is 2.76. The number of fused-ring (bicyclic) bond motifs is 1. The lowest BCUT2D eigenvalue weighted by Gasteiger charge is -2.09. The average Bonchev–Trinajstić information content (AvgIpc) is 3.14. The Balaban J connectivity index is 1.35. The number of benzene rings is 2. The minimum absolute atomic E-state index is 0.0547. The molecule has 8 nitrogen and oxygen atoms in total. The summed E-state index contributed by atoms with van der Waals surface area (Å²) in [5.41, 5.74) is 2.70. The van der Waals surface area contributed by atoms with Crippen molar-refractivity contribution >= 4 is 61.9 Å². The number of rotatable bonds is 7. The Labute approximate surface area is 193 Å². The Kier molecular flexibility index (Phi) is 6.35. The predicted molar refractivity (Wildman–Crippen MR) is 125 cm³/mol. The molecule has 32 heavy (non-hydrogen) atoms. The van der Waals surface area contributed by atoms with Gasteiger partial charge in [0.05, 0.1) is 16.3 Å². The van der Waals surface area contributed by atoms with E-state index in [2.05, 4.69) is 20.0 Å². The van der Waals surface area contributed by atoms with Gasteiger partial charge in [-0.15, -0.1) is 0 Å². The van der Waals surface area contributed by atoms with Crippen LogP contribution in [0.25, 0.3) is 11.2 Å². The number of thioether (sulfide) groups is 1.